The fourth-order valence-corrected chi connectivity index (χ4v) is 2.21. The second-order valence-corrected chi connectivity index (χ2v) is 6.00. The summed E-state index contributed by atoms with van der Waals surface area (Å²) in [6.07, 6.45) is -5.00. The highest BCUT2D eigenvalue weighted by molar-refractivity contribution is 5.97. The fourth-order valence-electron chi connectivity index (χ4n) is 2.21. The van der Waals surface area contributed by atoms with Crippen LogP contribution in [0.1, 0.15) is 16.7 Å². The Balaban J connectivity index is 2.08. The van der Waals surface area contributed by atoms with Crippen LogP contribution in [0, 0.1) is 0 Å². The third-order valence-corrected chi connectivity index (χ3v) is 3.69. The van der Waals surface area contributed by atoms with Crippen molar-refractivity contribution in [3.63, 3.8) is 0 Å². The Bertz CT molecular complexity index is 939. The van der Waals surface area contributed by atoms with Crippen LogP contribution in [-0.2, 0) is 17.1 Å². The quantitative estimate of drug-likeness (QED) is 0.209. The van der Waals surface area contributed by atoms with Crippen molar-refractivity contribution in [1.29, 1.82) is 0 Å². The summed E-state index contributed by atoms with van der Waals surface area (Å²) in [5.74, 6) is -1.25. The maximum Gasteiger partial charge on any atom is 0.416 e. The van der Waals surface area contributed by atoms with Crippen LogP contribution in [0.25, 0.3) is 0 Å². The number of hydrogen-bond donors (Lipinski definition) is 3. The van der Waals surface area contributed by atoms with Crippen LogP contribution in [0.5, 0.6) is 0 Å². The molecule has 166 valence electrons. The third-order valence-electron chi connectivity index (χ3n) is 3.69. The van der Waals surface area contributed by atoms with Crippen molar-refractivity contribution >= 4 is 17.4 Å². The molecule has 2 aromatic rings. The van der Waals surface area contributed by atoms with Crippen molar-refractivity contribution in [1.82, 2.24) is 15.8 Å². The number of anilines is 1. The largest absolute Gasteiger partial charge is 0.416 e. The number of alkyl halides is 6. The molecule has 0 spiro atoms. The molecule has 0 radical (unpaired) electrons. The molecule has 0 saturated heterocycles. The molecular formula is C18H16F6N6O. The molecule has 0 aliphatic carbocycles. The maximum absolute atomic E-state index is 12.9. The third kappa shape index (κ3) is 6.90. The van der Waals surface area contributed by atoms with Gasteiger partial charge in [0.2, 0.25) is 0 Å². The van der Waals surface area contributed by atoms with Crippen LogP contribution in [0.3, 0.4) is 0 Å². The molecule has 2 rings (SSSR count). The number of halogens is 6. The van der Waals surface area contributed by atoms with E-state index in [0.29, 0.717) is 17.8 Å². The van der Waals surface area contributed by atoms with Crippen molar-refractivity contribution in [2.24, 2.45) is 10.8 Å². The van der Waals surface area contributed by atoms with Gasteiger partial charge < -0.3 is 5.73 Å². The number of hydrazone groups is 1. The minimum atomic E-state index is -5.01. The summed E-state index contributed by atoms with van der Waals surface area (Å²) in [5.41, 5.74) is 7.08. The van der Waals surface area contributed by atoms with E-state index in [2.05, 4.69) is 20.9 Å². The molecule has 31 heavy (non-hydrogen) atoms. The molecule has 0 saturated carbocycles. The van der Waals surface area contributed by atoms with E-state index < -0.39 is 40.8 Å². The number of nitrogens with two attached hydrogens (primary N) is 1. The zero-order valence-corrected chi connectivity index (χ0v) is 15.8. The molecule has 1 heterocycles. The van der Waals surface area contributed by atoms with Gasteiger partial charge in [-0.2, -0.15) is 31.4 Å². The molecule has 1 aromatic carbocycles. The number of benzene rings is 1. The number of amides is 1. The number of hydrazine groups is 1. The number of nitrogens with zero attached hydrogens (tertiary/aromatic N) is 3. The topological polar surface area (TPSA) is 95.6 Å². The first kappa shape index (κ1) is 23.5. The van der Waals surface area contributed by atoms with Gasteiger partial charge in [0, 0.05) is 31.1 Å². The second-order valence-electron chi connectivity index (χ2n) is 6.00. The highest BCUT2D eigenvalue weighted by Crippen LogP contribution is 2.36. The number of aromatic nitrogens is 1. The first-order chi connectivity index (χ1) is 14.4. The molecule has 0 aliphatic heterocycles. The number of nitrogens with one attached hydrogen (secondary N) is 2. The van der Waals surface area contributed by atoms with E-state index in [1.807, 2.05) is 0 Å². The van der Waals surface area contributed by atoms with E-state index in [4.69, 9.17) is 5.73 Å². The fraction of sp³-hybridized carbons (Fsp3) is 0.167. The molecule has 13 heteroatoms. The lowest BCUT2D eigenvalue weighted by Gasteiger charge is -2.18. The summed E-state index contributed by atoms with van der Waals surface area (Å²) < 4.78 is 77.4. The Morgan fingerprint density at radius 1 is 1.13 bits per heavy atom. The zero-order valence-electron chi connectivity index (χ0n) is 15.8. The highest BCUT2D eigenvalue weighted by Gasteiger charge is 2.37. The predicted molar refractivity (Wildman–Crippen MR) is 100 cm³/mol. The van der Waals surface area contributed by atoms with Crippen LogP contribution in [-0.4, -0.2) is 23.8 Å². The summed E-state index contributed by atoms with van der Waals surface area (Å²) in [6.45, 7) is 0. The van der Waals surface area contributed by atoms with Crippen molar-refractivity contribution < 1.29 is 31.1 Å². The zero-order chi connectivity index (χ0) is 23.2. The summed E-state index contributed by atoms with van der Waals surface area (Å²) in [4.78, 5) is 15.7. The van der Waals surface area contributed by atoms with E-state index in [1.54, 1.807) is 25.4 Å². The molecule has 7 nitrogen and oxygen atoms in total. The SMILES string of the molecule is CN(NC(=O)/C=C\N/N=C(\N)c1cc(C(F)(F)F)cc(C(F)(F)F)c1)c1cccnc1. The highest BCUT2D eigenvalue weighted by atomic mass is 19.4. The van der Waals surface area contributed by atoms with Gasteiger partial charge in [0.05, 0.1) is 23.0 Å². The number of pyridine rings is 1. The first-order valence-corrected chi connectivity index (χ1v) is 8.37. The average molecular weight is 446 g/mol. The Kier molecular flexibility index (Phi) is 7.10. The van der Waals surface area contributed by atoms with E-state index in [0.717, 1.165) is 12.3 Å². The number of hydrogen-bond acceptors (Lipinski definition) is 5. The van der Waals surface area contributed by atoms with Crippen LogP contribution in [0.15, 0.2) is 60.1 Å². The molecular weight excluding hydrogens is 430 g/mol. The average Bonchev–Trinajstić information content (AvgIpc) is 2.70. The molecule has 0 fully saturated rings. The molecule has 0 atom stereocenters. The van der Waals surface area contributed by atoms with Crippen LogP contribution in [0.4, 0.5) is 32.0 Å². The molecule has 0 unspecified atom stereocenters. The molecule has 0 aliphatic rings. The van der Waals surface area contributed by atoms with Gasteiger partial charge in [-0.3, -0.25) is 25.6 Å². The van der Waals surface area contributed by atoms with Crippen LogP contribution < -0.4 is 21.6 Å². The van der Waals surface area contributed by atoms with E-state index in [-0.39, 0.29) is 6.07 Å². The first-order valence-electron chi connectivity index (χ1n) is 8.37. The lowest BCUT2D eigenvalue weighted by molar-refractivity contribution is -0.143. The normalized spacial score (nSPS) is 12.7. The van der Waals surface area contributed by atoms with Crippen LogP contribution >= 0.6 is 0 Å². The van der Waals surface area contributed by atoms with E-state index in [1.165, 1.54) is 11.2 Å². The number of amidine groups is 1. The molecule has 0 bridgehead atoms. The molecule has 1 aromatic heterocycles. The Morgan fingerprint density at radius 3 is 2.26 bits per heavy atom. The lowest BCUT2D eigenvalue weighted by atomic mass is 10.0. The summed E-state index contributed by atoms with van der Waals surface area (Å²) in [6, 6.07) is 4.20. The summed E-state index contributed by atoms with van der Waals surface area (Å²) >= 11 is 0. The Hall–Kier alpha value is -3.77. The van der Waals surface area contributed by atoms with Gasteiger partial charge in [0.25, 0.3) is 5.91 Å². The minimum Gasteiger partial charge on any atom is -0.382 e. The van der Waals surface area contributed by atoms with Gasteiger partial charge in [-0.25, -0.2) is 0 Å². The van der Waals surface area contributed by atoms with Crippen LogP contribution in [0.2, 0.25) is 0 Å². The summed E-state index contributed by atoms with van der Waals surface area (Å²) in [5, 5.41) is 4.84. The van der Waals surface area contributed by atoms with Crippen molar-refractivity contribution in [2.75, 3.05) is 12.1 Å². The monoisotopic (exact) mass is 446 g/mol. The predicted octanol–water partition coefficient (Wildman–Crippen LogP) is 3.01. The van der Waals surface area contributed by atoms with Crippen molar-refractivity contribution in [3.05, 3.63) is 71.7 Å². The van der Waals surface area contributed by atoms with E-state index in [9.17, 15) is 31.1 Å². The van der Waals surface area contributed by atoms with E-state index >= 15 is 0 Å². The smallest absolute Gasteiger partial charge is 0.382 e. The number of rotatable bonds is 6. The maximum atomic E-state index is 12.9. The molecule has 1 amide bonds. The van der Waals surface area contributed by atoms with Gasteiger partial charge in [-0.15, -0.1) is 0 Å². The lowest BCUT2D eigenvalue weighted by Crippen LogP contribution is -2.38. The van der Waals surface area contributed by atoms with Crippen molar-refractivity contribution in [3.8, 4) is 0 Å². The minimum absolute atomic E-state index is 0.0206. The van der Waals surface area contributed by atoms with Gasteiger partial charge >= 0.3 is 12.4 Å². The van der Waals surface area contributed by atoms with Gasteiger partial charge in [0.15, 0.2) is 5.84 Å². The van der Waals surface area contributed by atoms with Crippen molar-refractivity contribution in [2.45, 2.75) is 12.4 Å². The van der Waals surface area contributed by atoms with Gasteiger partial charge in [-0.05, 0) is 30.3 Å². The number of carbonyl (C=O) groups excluding carboxylic acids is 1. The Labute approximate surface area is 172 Å². The second kappa shape index (κ2) is 9.36. The van der Waals surface area contributed by atoms with Gasteiger partial charge in [0.1, 0.15) is 0 Å². The number of carbonyl (C=O) groups is 1. The molecule has 4 N–H and O–H groups in total. The van der Waals surface area contributed by atoms with Gasteiger partial charge in [-0.1, -0.05) is 0 Å². The Morgan fingerprint density at radius 2 is 1.74 bits per heavy atom. The summed E-state index contributed by atoms with van der Waals surface area (Å²) in [7, 11) is 1.55. The standard InChI is InChI=1S/C18H16F6N6O/c1-30(14-3-2-5-26-10-14)29-15(31)4-6-27-28-16(25)11-7-12(17(19,20)21)9-13(8-11)18(22,23)24/h2-10,27H,1H3,(H2,25,28)(H,29,31)/b6-4-.